The predicted octanol–water partition coefficient (Wildman–Crippen LogP) is 3.04. The summed E-state index contributed by atoms with van der Waals surface area (Å²) in [6.07, 6.45) is -8.90. The highest BCUT2D eigenvalue weighted by Crippen LogP contribution is 2.32. The maximum Gasteiger partial charge on any atom is 0.431 e. The SMILES string of the molecule is O=C(O)/C=C(/Nc1cncc(C(F)(F)F)c1)C(F)(F)F. The summed E-state index contributed by atoms with van der Waals surface area (Å²) in [6.45, 7) is 0. The summed E-state index contributed by atoms with van der Waals surface area (Å²) >= 11 is 0. The first kappa shape index (κ1) is 15.8. The van der Waals surface area contributed by atoms with Gasteiger partial charge in [0.2, 0.25) is 0 Å². The van der Waals surface area contributed by atoms with Gasteiger partial charge in [-0.2, -0.15) is 26.3 Å². The van der Waals surface area contributed by atoms with E-state index in [-0.39, 0.29) is 6.08 Å². The number of carboxylic acid groups (broad SMARTS) is 1. The maximum absolute atomic E-state index is 12.5. The van der Waals surface area contributed by atoms with Gasteiger partial charge in [-0.25, -0.2) is 4.79 Å². The largest absolute Gasteiger partial charge is 0.478 e. The average molecular weight is 300 g/mol. The Kier molecular flexibility index (Phi) is 4.26. The summed E-state index contributed by atoms with van der Waals surface area (Å²) in [5.41, 5.74) is -3.62. The highest BCUT2D eigenvalue weighted by molar-refractivity contribution is 5.81. The summed E-state index contributed by atoms with van der Waals surface area (Å²) in [6, 6.07) is 0.383. The minimum atomic E-state index is -5.06. The first-order chi connectivity index (χ1) is 9.00. The number of aromatic nitrogens is 1. The molecular formula is C10H6F6N2O2. The summed E-state index contributed by atoms with van der Waals surface area (Å²) in [5, 5.41) is 9.85. The van der Waals surface area contributed by atoms with E-state index in [1.165, 1.54) is 0 Å². The molecule has 1 rings (SSSR count). The third-order valence-corrected chi connectivity index (χ3v) is 1.92. The molecule has 110 valence electrons. The van der Waals surface area contributed by atoms with Gasteiger partial charge in [0, 0.05) is 6.20 Å². The zero-order chi connectivity index (χ0) is 15.6. The fourth-order valence-corrected chi connectivity index (χ4v) is 1.13. The molecule has 20 heavy (non-hydrogen) atoms. The summed E-state index contributed by atoms with van der Waals surface area (Å²) in [4.78, 5) is 13.4. The topological polar surface area (TPSA) is 62.2 Å². The van der Waals surface area contributed by atoms with Gasteiger partial charge >= 0.3 is 18.3 Å². The Morgan fingerprint density at radius 2 is 1.80 bits per heavy atom. The normalized spacial score (nSPS) is 13.2. The number of aliphatic carboxylic acids is 1. The van der Waals surface area contributed by atoms with Gasteiger partial charge in [0.15, 0.2) is 0 Å². The van der Waals surface area contributed by atoms with Gasteiger partial charge in [-0.05, 0) is 6.07 Å². The van der Waals surface area contributed by atoms with E-state index in [1.54, 1.807) is 5.32 Å². The van der Waals surface area contributed by atoms with Crippen LogP contribution in [0.1, 0.15) is 5.56 Å². The minimum Gasteiger partial charge on any atom is -0.478 e. The Morgan fingerprint density at radius 3 is 2.25 bits per heavy atom. The van der Waals surface area contributed by atoms with Gasteiger partial charge in [-0.15, -0.1) is 0 Å². The van der Waals surface area contributed by atoms with E-state index >= 15 is 0 Å². The molecule has 0 saturated carbocycles. The van der Waals surface area contributed by atoms with Gasteiger partial charge in [0.05, 0.1) is 23.5 Å². The van der Waals surface area contributed by atoms with Crippen molar-refractivity contribution in [3.05, 3.63) is 35.8 Å². The van der Waals surface area contributed by atoms with Crippen molar-refractivity contribution in [1.82, 2.24) is 4.98 Å². The molecule has 10 heteroatoms. The standard InChI is InChI=1S/C10H6F6N2O2/c11-9(12,13)5-1-6(4-17-3-5)18-7(2-8(19)20)10(14,15)16/h1-4,18H,(H,19,20)/b7-2+. The molecule has 0 aliphatic heterocycles. The fraction of sp³-hybridized carbons (Fsp3) is 0.200. The Bertz CT molecular complexity index is 535. The van der Waals surface area contributed by atoms with Crippen molar-refractivity contribution >= 4 is 11.7 Å². The summed E-state index contributed by atoms with van der Waals surface area (Å²) in [5.74, 6) is -1.90. The molecule has 0 atom stereocenters. The lowest BCUT2D eigenvalue weighted by Gasteiger charge is -2.14. The smallest absolute Gasteiger partial charge is 0.431 e. The molecule has 0 aliphatic rings. The molecular weight excluding hydrogens is 294 g/mol. The predicted molar refractivity (Wildman–Crippen MR) is 54.6 cm³/mol. The van der Waals surface area contributed by atoms with Gasteiger partial charge in [-0.1, -0.05) is 0 Å². The van der Waals surface area contributed by atoms with E-state index in [0.717, 1.165) is 0 Å². The number of halogens is 6. The fourth-order valence-electron chi connectivity index (χ4n) is 1.13. The number of nitrogens with one attached hydrogen (secondary N) is 1. The zero-order valence-corrected chi connectivity index (χ0v) is 9.38. The average Bonchev–Trinajstić information content (AvgIpc) is 2.25. The van der Waals surface area contributed by atoms with Crippen LogP contribution in [0.2, 0.25) is 0 Å². The maximum atomic E-state index is 12.5. The molecule has 1 heterocycles. The van der Waals surface area contributed by atoms with Crippen LogP contribution in [0.4, 0.5) is 32.0 Å². The highest BCUT2D eigenvalue weighted by Gasteiger charge is 2.36. The van der Waals surface area contributed by atoms with Crippen molar-refractivity contribution in [2.45, 2.75) is 12.4 Å². The van der Waals surface area contributed by atoms with E-state index in [1.807, 2.05) is 0 Å². The van der Waals surface area contributed by atoms with Crippen LogP contribution < -0.4 is 5.32 Å². The first-order valence-corrected chi connectivity index (χ1v) is 4.81. The molecule has 2 N–H and O–H groups in total. The molecule has 0 radical (unpaired) electrons. The van der Waals surface area contributed by atoms with Crippen molar-refractivity contribution in [2.75, 3.05) is 5.32 Å². The van der Waals surface area contributed by atoms with E-state index < -0.39 is 35.3 Å². The van der Waals surface area contributed by atoms with Gasteiger partial charge in [0.25, 0.3) is 0 Å². The number of anilines is 1. The Balaban J connectivity index is 3.10. The summed E-state index contributed by atoms with van der Waals surface area (Å²) < 4.78 is 74.4. The second-order valence-electron chi connectivity index (χ2n) is 3.48. The number of allylic oxidation sites excluding steroid dienone is 1. The van der Waals surface area contributed by atoms with Crippen LogP contribution in [0.3, 0.4) is 0 Å². The molecule has 0 aromatic carbocycles. The van der Waals surface area contributed by atoms with Crippen LogP contribution >= 0.6 is 0 Å². The van der Waals surface area contributed by atoms with E-state index in [2.05, 4.69) is 4.98 Å². The number of alkyl halides is 6. The van der Waals surface area contributed by atoms with Crippen LogP contribution in [0.15, 0.2) is 30.2 Å². The number of rotatable bonds is 3. The number of carboxylic acids is 1. The van der Waals surface area contributed by atoms with Crippen LogP contribution in [-0.4, -0.2) is 22.2 Å². The molecule has 0 aliphatic carbocycles. The number of pyridine rings is 1. The van der Waals surface area contributed by atoms with Crippen molar-refractivity contribution in [1.29, 1.82) is 0 Å². The molecule has 1 aromatic heterocycles. The van der Waals surface area contributed by atoms with E-state index in [9.17, 15) is 31.1 Å². The zero-order valence-electron chi connectivity index (χ0n) is 9.38. The third kappa shape index (κ3) is 4.44. The van der Waals surface area contributed by atoms with Crippen molar-refractivity contribution in [2.24, 2.45) is 0 Å². The van der Waals surface area contributed by atoms with Gasteiger partial charge in [-0.3, -0.25) is 4.98 Å². The highest BCUT2D eigenvalue weighted by atomic mass is 19.4. The van der Waals surface area contributed by atoms with Gasteiger partial charge < -0.3 is 10.4 Å². The van der Waals surface area contributed by atoms with E-state index in [0.29, 0.717) is 18.5 Å². The van der Waals surface area contributed by atoms with Gasteiger partial charge in [0.1, 0.15) is 5.70 Å². The van der Waals surface area contributed by atoms with Crippen molar-refractivity contribution in [3.63, 3.8) is 0 Å². The van der Waals surface area contributed by atoms with E-state index in [4.69, 9.17) is 5.11 Å². The molecule has 1 aromatic rings. The molecule has 4 nitrogen and oxygen atoms in total. The molecule has 0 saturated heterocycles. The Morgan fingerprint density at radius 1 is 1.20 bits per heavy atom. The van der Waals surface area contributed by atoms with Crippen LogP contribution in [0.5, 0.6) is 0 Å². The molecule has 0 fully saturated rings. The Labute approximate surface area is 107 Å². The number of nitrogens with zero attached hydrogens (tertiary/aromatic N) is 1. The lowest BCUT2D eigenvalue weighted by Crippen LogP contribution is -2.21. The molecule has 0 spiro atoms. The quantitative estimate of drug-likeness (QED) is 0.665. The molecule has 0 unspecified atom stereocenters. The second kappa shape index (κ2) is 5.39. The van der Waals surface area contributed by atoms with Crippen LogP contribution in [0, 0.1) is 0 Å². The first-order valence-electron chi connectivity index (χ1n) is 4.81. The Hall–Kier alpha value is -2.26. The van der Waals surface area contributed by atoms with Crippen LogP contribution in [0.25, 0.3) is 0 Å². The van der Waals surface area contributed by atoms with Crippen LogP contribution in [-0.2, 0) is 11.0 Å². The minimum absolute atomic E-state index is 0.194. The second-order valence-corrected chi connectivity index (χ2v) is 3.48. The lowest BCUT2D eigenvalue weighted by molar-refractivity contribution is -0.137. The molecule has 0 amide bonds. The van der Waals surface area contributed by atoms with Crippen molar-refractivity contribution < 1.29 is 36.2 Å². The summed E-state index contributed by atoms with van der Waals surface area (Å²) in [7, 11) is 0. The monoisotopic (exact) mass is 300 g/mol. The number of hydrogen-bond donors (Lipinski definition) is 2. The number of hydrogen-bond acceptors (Lipinski definition) is 3. The molecule has 0 bridgehead atoms. The number of carbonyl (C=O) groups is 1. The van der Waals surface area contributed by atoms with Crippen molar-refractivity contribution in [3.8, 4) is 0 Å². The lowest BCUT2D eigenvalue weighted by atomic mass is 10.2. The third-order valence-electron chi connectivity index (χ3n) is 1.92.